The predicted octanol–water partition coefficient (Wildman–Crippen LogP) is 3.57. The van der Waals surface area contributed by atoms with E-state index in [0.717, 1.165) is 17.5 Å². The second-order valence-electron chi connectivity index (χ2n) is 5.01. The Labute approximate surface area is 99.6 Å². The Morgan fingerprint density at radius 3 is 2.87 bits per heavy atom. The largest absolute Gasteiger partial charge is 0.364 e. The number of hydrogen-bond donors (Lipinski definition) is 1. The van der Waals surface area contributed by atoms with Gasteiger partial charge in [-0.1, -0.05) is 31.9 Å². The molecule has 0 aromatic carbocycles. The maximum atomic E-state index is 5.90. The third-order valence-corrected chi connectivity index (χ3v) is 3.89. The number of rotatable bonds is 2. The number of aromatic nitrogens is 2. The quantitative estimate of drug-likeness (QED) is 0.866. The van der Waals surface area contributed by atoms with E-state index in [1.54, 1.807) is 0 Å². The van der Waals surface area contributed by atoms with Crippen molar-refractivity contribution < 1.29 is 0 Å². The van der Waals surface area contributed by atoms with Crippen molar-refractivity contribution >= 4 is 29.1 Å². The molecule has 0 amide bonds. The van der Waals surface area contributed by atoms with E-state index >= 15 is 0 Å². The lowest BCUT2D eigenvalue weighted by Gasteiger charge is -2.35. The monoisotopic (exact) mass is 245 g/mol. The molecule has 2 rings (SSSR count). The van der Waals surface area contributed by atoms with E-state index in [-0.39, 0.29) is 0 Å². The number of nitrogens with one attached hydrogen (secondary N) is 1. The van der Waals surface area contributed by atoms with Gasteiger partial charge in [0.1, 0.15) is 0 Å². The Hall–Kier alpha value is -0.350. The van der Waals surface area contributed by atoms with Gasteiger partial charge in [0.05, 0.1) is 11.7 Å². The second kappa shape index (κ2) is 4.26. The SMILES string of the molecule is CC1(C)CCCC(Nc2nsnc2Cl)C1. The first-order valence-electron chi connectivity index (χ1n) is 5.31. The van der Waals surface area contributed by atoms with Crippen molar-refractivity contribution in [1.29, 1.82) is 0 Å². The van der Waals surface area contributed by atoms with E-state index in [0.29, 0.717) is 16.6 Å². The van der Waals surface area contributed by atoms with Crippen LogP contribution < -0.4 is 5.32 Å². The highest BCUT2D eigenvalue weighted by atomic mass is 35.5. The van der Waals surface area contributed by atoms with Gasteiger partial charge in [-0.15, -0.1) is 0 Å². The summed E-state index contributed by atoms with van der Waals surface area (Å²) in [6.45, 7) is 4.64. The molecule has 1 aromatic rings. The van der Waals surface area contributed by atoms with Gasteiger partial charge in [0.15, 0.2) is 11.0 Å². The number of nitrogens with zero attached hydrogens (tertiary/aromatic N) is 2. The first-order valence-corrected chi connectivity index (χ1v) is 6.42. The van der Waals surface area contributed by atoms with Gasteiger partial charge >= 0.3 is 0 Å². The van der Waals surface area contributed by atoms with Gasteiger partial charge < -0.3 is 5.32 Å². The molecule has 1 atom stereocenters. The molecule has 0 radical (unpaired) electrons. The zero-order chi connectivity index (χ0) is 10.9. The van der Waals surface area contributed by atoms with Crippen LogP contribution in [0.3, 0.4) is 0 Å². The summed E-state index contributed by atoms with van der Waals surface area (Å²) in [6, 6.07) is 0.496. The van der Waals surface area contributed by atoms with Crippen molar-refractivity contribution in [3.05, 3.63) is 5.15 Å². The molecule has 0 aliphatic heterocycles. The molecule has 1 N–H and O–H groups in total. The summed E-state index contributed by atoms with van der Waals surface area (Å²) in [4.78, 5) is 0. The third-order valence-electron chi connectivity index (χ3n) is 2.99. The van der Waals surface area contributed by atoms with Crippen LogP contribution in [0.5, 0.6) is 0 Å². The van der Waals surface area contributed by atoms with Gasteiger partial charge in [0, 0.05) is 6.04 Å². The molecule has 1 aliphatic carbocycles. The lowest BCUT2D eigenvalue weighted by atomic mass is 9.75. The molecule has 1 fully saturated rings. The Balaban J connectivity index is 1.98. The molecule has 3 nitrogen and oxygen atoms in total. The molecule has 84 valence electrons. The molecule has 0 saturated heterocycles. The van der Waals surface area contributed by atoms with Gasteiger partial charge in [0.25, 0.3) is 0 Å². The fourth-order valence-corrected chi connectivity index (χ4v) is 2.94. The van der Waals surface area contributed by atoms with Gasteiger partial charge in [0.2, 0.25) is 0 Å². The van der Waals surface area contributed by atoms with E-state index in [4.69, 9.17) is 11.6 Å². The van der Waals surface area contributed by atoms with Crippen LogP contribution in [-0.2, 0) is 0 Å². The van der Waals surface area contributed by atoms with Crippen LogP contribution >= 0.6 is 23.3 Å². The van der Waals surface area contributed by atoms with Crippen LogP contribution in [0.2, 0.25) is 5.15 Å². The summed E-state index contributed by atoms with van der Waals surface area (Å²) >= 11 is 7.06. The van der Waals surface area contributed by atoms with Crippen LogP contribution in [0.1, 0.15) is 39.5 Å². The summed E-state index contributed by atoms with van der Waals surface area (Å²) < 4.78 is 8.10. The number of anilines is 1. The molecule has 1 heterocycles. The van der Waals surface area contributed by atoms with Crippen LogP contribution in [0.25, 0.3) is 0 Å². The first kappa shape index (κ1) is 11.1. The number of hydrogen-bond acceptors (Lipinski definition) is 4. The molecule has 1 aliphatic rings. The Bertz CT molecular complexity index is 337. The molecule has 15 heavy (non-hydrogen) atoms. The number of halogens is 1. The highest BCUT2D eigenvalue weighted by molar-refractivity contribution is 6.99. The van der Waals surface area contributed by atoms with E-state index in [1.807, 2.05) is 0 Å². The maximum Gasteiger partial charge on any atom is 0.186 e. The maximum absolute atomic E-state index is 5.90. The van der Waals surface area contributed by atoms with Crippen molar-refractivity contribution in [1.82, 2.24) is 8.75 Å². The van der Waals surface area contributed by atoms with Crippen molar-refractivity contribution in [3.63, 3.8) is 0 Å². The summed E-state index contributed by atoms with van der Waals surface area (Å²) in [7, 11) is 0. The van der Waals surface area contributed by atoms with E-state index < -0.39 is 0 Å². The topological polar surface area (TPSA) is 37.8 Å². The molecule has 0 bridgehead atoms. The lowest BCUT2D eigenvalue weighted by Crippen LogP contribution is -2.31. The van der Waals surface area contributed by atoms with Crippen molar-refractivity contribution in [3.8, 4) is 0 Å². The zero-order valence-corrected chi connectivity index (χ0v) is 10.7. The molecule has 5 heteroatoms. The van der Waals surface area contributed by atoms with Crippen LogP contribution in [0.4, 0.5) is 5.82 Å². The molecule has 1 saturated carbocycles. The van der Waals surface area contributed by atoms with Crippen molar-refractivity contribution in [2.45, 2.75) is 45.6 Å². The minimum absolute atomic E-state index is 0.436. The Kier molecular flexibility index (Phi) is 3.16. The molecule has 0 spiro atoms. The van der Waals surface area contributed by atoms with Gasteiger partial charge in [-0.25, -0.2) is 0 Å². The minimum Gasteiger partial charge on any atom is -0.364 e. The fraction of sp³-hybridized carbons (Fsp3) is 0.800. The molecular weight excluding hydrogens is 230 g/mol. The van der Waals surface area contributed by atoms with Crippen molar-refractivity contribution in [2.75, 3.05) is 5.32 Å². The summed E-state index contributed by atoms with van der Waals surface area (Å²) in [5, 5.41) is 3.89. The van der Waals surface area contributed by atoms with Crippen LogP contribution in [-0.4, -0.2) is 14.8 Å². The first-order chi connectivity index (χ1) is 7.07. The smallest absolute Gasteiger partial charge is 0.186 e. The van der Waals surface area contributed by atoms with Gasteiger partial charge in [-0.2, -0.15) is 8.75 Å². The average molecular weight is 246 g/mol. The van der Waals surface area contributed by atoms with E-state index in [2.05, 4.69) is 27.9 Å². The molecule has 1 aromatic heterocycles. The third kappa shape index (κ3) is 2.82. The second-order valence-corrected chi connectivity index (χ2v) is 5.89. The summed E-state index contributed by atoms with van der Waals surface area (Å²) in [5.74, 6) is 0.754. The Morgan fingerprint density at radius 2 is 2.27 bits per heavy atom. The van der Waals surface area contributed by atoms with Crippen LogP contribution in [0.15, 0.2) is 0 Å². The van der Waals surface area contributed by atoms with Gasteiger partial charge in [-0.3, -0.25) is 0 Å². The minimum atomic E-state index is 0.436. The standard InChI is InChI=1S/C10H16ClN3S/c1-10(2)5-3-4-7(6-10)12-9-8(11)13-15-14-9/h7H,3-6H2,1-2H3,(H,12,14). The average Bonchev–Trinajstić information content (AvgIpc) is 2.50. The van der Waals surface area contributed by atoms with Gasteiger partial charge in [-0.05, 0) is 24.7 Å². The lowest BCUT2D eigenvalue weighted by molar-refractivity contribution is 0.229. The Morgan fingerprint density at radius 1 is 1.47 bits per heavy atom. The van der Waals surface area contributed by atoms with Crippen LogP contribution in [0, 0.1) is 5.41 Å². The highest BCUT2D eigenvalue weighted by Gasteiger charge is 2.28. The highest BCUT2D eigenvalue weighted by Crippen LogP contribution is 2.36. The normalized spacial score (nSPS) is 25.1. The van der Waals surface area contributed by atoms with Crippen molar-refractivity contribution in [2.24, 2.45) is 5.41 Å². The summed E-state index contributed by atoms with van der Waals surface area (Å²) in [5.41, 5.74) is 0.436. The van der Waals surface area contributed by atoms with E-state index in [1.165, 1.54) is 25.7 Å². The fourth-order valence-electron chi connectivity index (χ4n) is 2.28. The molecular formula is C10H16ClN3S. The van der Waals surface area contributed by atoms with E-state index in [9.17, 15) is 0 Å². The molecule has 1 unspecified atom stereocenters. The zero-order valence-electron chi connectivity index (χ0n) is 9.09. The predicted molar refractivity (Wildman–Crippen MR) is 64.6 cm³/mol. The summed E-state index contributed by atoms with van der Waals surface area (Å²) in [6.07, 6.45) is 4.98.